The maximum absolute atomic E-state index is 4.28. The predicted octanol–water partition coefficient (Wildman–Crippen LogP) is 4.06. The molecule has 2 atom stereocenters. The summed E-state index contributed by atoms with van der Waals surface area (Å²) in [4.78, 5) is 1.48. The Balaban J connectivity index is 1.78. The monoisotopic (exact) mass is 289 g/mol. The van der Waals surface area contributed by atoms with Gasteiger partial charge in [0.15, 0.2) is 0 Å². The Kier molecular flexibility index (Phi) is 4.22. The molecule has 1 aliphatic carbocycles. The number of hydrogen-bond acceptors (Lipinski definition) is 3. The number of aryl methyl sites for hydroxylation is 1. The first-order chi connectivity index (χ1) is 9.75. The molecule has 0 bridgehead atoms. The van der Waals surface area contributed by atoms with Crippen molar-refractivity contribution in [3.63, 3.8) is 0 Å². The van der Waals surface area contributed by atoms with E-state index in [1.807, 2.05) is 29.3 Å². The molecule has 0 saturated heterocycles. The third kappa shape index (κ3) is 2.81. The van der Waals surface area contributed by atoms with Crippen molar-refractivity contribution >= 4 is 11.3 Å². The van der Waals surface area contributed by atoms with Crippen LogP contribution in [-0.2, 0) is 7.05 Å². The Labute approximate surface area is 125 Å². The van der Waals surface area contributed by atoms with Crippen LogP contribution in [0.5, 0.6) is 0 Å². The molecular formula is C16H23N3S. The third-order valence-corrected chi connectivity index (χ3v) is 5.41. The fourth-order valence-electron chi connectivity index (χ4n) is 3.37. The topological polar surface area (TPSA) is 29.9 Å². The van der Waals surface area contributed by atoms with Gasteiger partial charge in [0.25, 0.3) is 0 Å². The van der Waals surface area contributed by atoms with E-state index in [-0.39, 0.29) is 0 Å². The maximum atomic E-state index is 4.28. The van der Waals surface area contributed by atoms with Crippen LogP contribution in [0.3, 0.4) is 0 Å². The van der Waals surface area contributed by atoms with Crippen LogP contribution < -0.4 is 5.32 Å². The minimum atomic E-state index is 0.329. The highest BCUT2D eigenvalue weighted by Crippen LogP contribution is 2.38. The summed E-state index contributed by atoms with van der Waals surface area (Å²) in [6.07, 6.45) is 7.35. The Morgan fingerprint density at radius 2 is 2.15 bits per heavy atom. The molecule has 1 saturated carbocycles. The zero-order valence-electron chi connectivity index (χ0n) is 12.2. The van der Waals surface area contributed by atoms with Gasteiger partial charge >= 0.3 is 0 Å². The highest BCUT2D eigenvalue weighted by Gasteiger charge is 2.28. The summed E-state index contributed by atoms with van der Waals surface area (Å²) in [7, 11) is 2.02. The van der Waals surface area contributed by atoms with Gasteiger partial charge < -0.3 is 5.32 Å². The van der Waals surface area contributed by atoms with E-state index in [0.29, 0.717) is 12.1 Å². The highest BCUT2D eigenvalue weighted by molar-refractivity contribution is 7.10. The van der Waals surface area contributed by atoms with Crippen molar-refractivity contribution in [1.29, 1.82) is 0 Å². The summed E-state index contributed by atoms with van der Waals surface area (Å²) in [5.41, 5.74) is 1.25. The molecule has 3 nitrogen and oxygen atoms in total. The zero-order valence-corrected chi connectivity index (χ0v) is 13.1. The molecule has 108 valence electrons. The van der Waals surface area contributed by atoms with Gasteiger partial charge in [0, 0.05) is 30.2 Å². The first-order valence-corrected chi connectivity index (χ1v) is 8.41. The largest absolute Gasteiger partial charge is 0.301 e. The Morgan fingerprint density at radius 3 is 2.75 bits per heavy atom. The maximum Gasteiger partial charge on any atom is 0.0547 e. The Morgan fingerprint density at radius 1 is 1.35 bits per heavy atom. The highest BCUT2D eigenvalue weighted by atomic mass is 32.1. The summed E-state index contributed by atoms with van der Waals surface area (Å²) < 4.78 is 1.97. The molecule has 0 aliphatic heterocycles. The van der Waals surface area contributed by atoms with Crippen molar-refractivity contribution in [1.82, 2.24) is 15.1 Å². The third-order valence-electron chi connectivity index (χ3n) is 4.45. The van der Waals surface area contributed by atoms with Gasteiger partial charge in [0.05, 0.1) is 5.69 Å². The molecule has 2 aromatic rings. The van der Waals surface area contributed by atoms with Gasteiger partial charge in [-0.2, -0.15) is 5.10 Å². The second-order valence-corrected chi connectivity index (χ2v) is 6.78. The van der Waals surface area contributed by atoms with E-state index in [4.69, 9.17) is 0 Å². The number of aromatic nitrogens is 2. The summed E-state index contributed by atoms with van der Waals surface area (Å²) in [6, 6.07) is 7.37. The number of nitrogens with zero attached hydrogens (tertiary/aromatic N) is 2. The molecule has 0 spiro atoms. The molecule has 0 radical (unpaired) electrons. The first kappa shape index (κ1) is 13.8. The lowest BCUT2D eigenvalue weighted by Crippen LogP contribution is -2.30. The molecule has 0 amide bonds. The second kappa shape index (κ2) is 6.10. The average Bonchev–Trinajstić information content (AvgIpc) is 3.18. The van der Waals surface area contributed by atoms with Gasteiger partial charge in [-0.15, -0.1) is 11.3 Å². The summed E-state index contributed by atoms with van der Waals surface area (Å²) >= 11 is 1.88. The smallest absolute Gasteiger partial charge is 0.0547 e. The van der Waals surface area contributed by atoms with Gasteiger partial charge in [-0.05, 0) is 43.2 Å². The van der Waals surface area contributed by atoms with Crippen molar-refractivity contribution in [2.45, 2.75) is 44.7 Å². The van der Waals surface area contributed by atoms with Crippen molar-refractivity contribution in [2.24, 2.45) is 13.0 Å². The van der Waals surface area contributed by atoms with Gasteiger partial charge in [0.1, 0.15) is 0 Å². The van der Waals surface area contributed by atoms with Gasteiger partial charge in [-0.3, -0.25) is 4.68 Å². The molecule has 2 aromatic heterocycles. The lowest BCUT2D eigenvalue weighted by molar-refractivity contribution is 0.336. The molecule has 1 aliphatic rings. The molecule has 2 unspecified atom stereocenters. The fourth-order valence-corrected chi connectivity index (χ4v) is 4.25. The number of nitrogens with one attached hydrogen (secondary N) is 1. The minimum Gasteiger partial charge on any atom is -0.301 e. The molecule has 20 heavy (non-hydrogen) atoms. The van der Waals surface area contributed by atoms with E-state index in [1.165, 1.54) is 36.3 Å². The van der Waals surface area contributed by atoms with Gasteiger partial charge in [-0.1, -0.05) is 18.9 Å². The van der Waals surface area contributed by atoms with Crippen molar-refractivity contribution in [2.75, 3.05) is 0 Å². The van der Waals surface area contributed by atoms with Crippen molar-refractivity contribution in [3.8, 4) is 0 Å². The average molecular weight is 289 g/mol. The van der Waals surface area contributed by atoms with Crippen LogP contribution in [0.4, 0.5) is 0 Å². The predicted molar refractivity (Wildman–Crippen MR) is 83.8 cm³/mol. The lowest BCUT2D eigenvalue weighted by Gasteiger charge is -2.27. The van der Waals surface area contributed by atoms with E-state index in [1.54, 1.807) is 0 Å². The van der Waals surface area contributed by atoms with Crippen LogP contribution in [0.2, 0.25) is 0 Å². The molecule has 3 rings (SSSR count). The number of hydrogen-bond donors (Lipinski definition) is 1. The van der Waals surface area contributed by atoms with Gasteiger partial charge in [0.2, 0.25) is 0 Å². The van der Waals surface area contributed by atoms with E-state index in [2.05, 4.69) is 40.9 Å². The molecule has 1 fully saturated rings. The normalized spacial score (nSPS) is 19.3. The van der Waals surface area contributed by atoms with E-state index < -0.39 is 0 Å². The van der Waals surface area contributed by atoms with Crippen molar-refractivity contribution < 1.29 is 0 Å². The molecular weight excluding hydrogens is 266 g/mol. The van der Waals surface area contributed by atoms with Crippen LogP contribution in [0.25, 0.3) is 0 Å². The molecule has 2 heterocycles. The Bertz CT molecular complexity index is 526. The van der Waals surface area contributed by atoms with Crippen LogP contribution in [-0.4, -0.2) is 9.78 Å². The molecule has 1 N–H and O–H groups in total. The number of thiophene rings is 1. The summed E-state index contributed by atoms with van der Waals surface area (Å²) in [5.74, 6) is 0.782. The standard InChI is InChI=1S/C16H23N3S/c1-12(14-9-10-17-19(14)2)18-16(13-6-3-4-7-13)15-8-5-11-20-15/h5,8-13,16,18H,3-4,6-7H2,1-2H3. The molecule has 4 heteroatoms. The van der Waals surface area contributed by atoms with E-state index in [0.717, 1.165) is 5.92 Å². The fraction of sp³-hybridized carbons (Fsp3) is 0.562. The first-order valence-electron chi connectivity index (χ1n) is 7.53. The van der Waals surface area contributed by atoms with Crippen LogP contribution >= 0.6 is 11.3 Å². The van der Waals surface area contributed by atoms with E-state index in [9.17, 15) is 0 Å². The van der Waals surface area contributed by atoms with E-state index >= 15 is 0 Å². The summed E-state index contributed by atoms with van der Waals surface area (Å²) in [6.45, 7) is 2.24. The lowest BCUT2D eigenvalue weighted by atomic mass is 9.95. The van der Waals surface area contributed by atoms with Gasteiger partial charge in [-0.25, -0.2) is 0 Å². The number of rotatable bonds is 5. The minimum absolute atomic E-state index is 0.329. The Hall–Kier alpha value is -1.13. The molecule has 0 aromatic carbocycles. The van der Waals surface area contributed by atoms with Crippen molar-refractivity contribution in [3.05, 3.63) is 40.3 Å². The van der Waals surface area contributed by atoms with Crippen LogP contribution in [0.15, 0.2) is 29.8 Å². The summed E-state index contributed by atoms with van der Waals surface area (Å²) in [5, 5.41) is 10.3. The van der Waals surface area contributed by atoms with Crippen LogP contribution in [0.1, 0.15) is 55.3 Å². The second-order valence-electron chi connectivity index (χ2n) is 5.81. The quantitative estimate of drug-likeness (QED) is 0.899. The van der Waals surface area contributed by atoms with Crippen LogP contribution in [0, 0.1) is 5.92 Å². The SMILES string of the molecule is CC(NC(c1cccs1)C1CCCC1)c1ccnn1C. The zero-order chi connectivity index (χ0) is 13.9.